The van der Waals surface area contributed by atoms with Gasteiger partial charge in [0.05, 0.1) is 0 Å². The molecule has 0 radical (unpaired) electrons. The molecule has 0 amide bonds. The number of rotatable bonds is 0. The molecule has 0 unspecified atom stereocenters. The van der Waals surface area contributed by atoms with Crippen LogP contribution < -0.4 is 103 Å². The van der Waals surface area contributed by atoms with Crippen molar-refractivity contribution < 1.29 is 116 Å². The summed E-state index contributed by atoms with van der Waals surface area (Å²) in [4.78, 5) is 0. The molecule has 8 heavy (non-hydrogen) atoms. The third-order valence-corrected chi connectivity index (χ3v) is 0. The van der Waals surface area contributed by atoms with Crippen LogP contribution in [0.2, 0.25) is 0 Å². The average molecular weight is 337 g/mol. The van der Waals surface area contributed by atoms with E-state index >= 15 is 0 Å². The molecule has 0 fully saturated rings. The van der Waals surface area contributed by atoms with Crippen molar-refractivity contribution in [1.29, 1.82) is 0 Å². The predicted molar refractivity (Wildman–Crippen MR) is 24.1 cm³/mol. The summed E-state index contributed by atoms with van der Waals surface area (Å²) in [5, 5.41) is 0. The number of hydrogen-bond acceptors (Lipinski definition) is 1. The summed E-state index contributed by atoms with van der Waals surface area (Å²) < 4.78 is 9.92. The van der Waals surface area contributed by atoms with Crippen LogP contribution in [0.3, 0.4) is 0 Å². The van der Waals surface area contributed by atoms with Crippen LogP contribution in [0, 0.1) is 0 Å². The van der Waals surface area contributed by atoms with Crippen LogP contribution in [0.5, 0.6) is 0 Å². The third-order valence-electron chi connectivity index (χ3n) is 0. The zero-order chi connectivity index (χ0) is 5.45. The summed E-state index contributed by atoms with van der Waals surface area (Å²) >= 11 is 0. The topological polar surface area (TPSA) is 17.1 Å². The molecule has 0 aliphatic carbocycles. The van der Waals surface area contributed by atoms with E-state index in [2.05, 4.69) is 0 Å². The summed E-state index contributed by atoms with van der Waals surface area (Å²) in [6.45, 7) is 0. The maximum absolute atomic E-state index is 9.92. The molecule has 0 N–H and O–H groups in total. The van der Waals surface area contributed by atoms with Gasteiger partial charge in [0.15, 0.2) is 0 Å². The van der Waals surface area contributed by atoms with Gasteiger partial charge in [0, 0.05) is 0 Å². The van der Waals surface area contributed by atoms with Crippen molar-refractivity contribution >= 4 is 38.8 Å². The van der Waals surface area contributed by atoms with Gasteiger partial charge >= 0.3 is 155 Å². The van der Waals surface area contributed by atoms with Crippen LogP contribution in [0.4, 0.5) is 0 Å². The van der Waals surface area contributed by atoms with Gasteiger partial charge in [-0.2, -0.15) is 0 Å². The zero-order valence-electron chi connectivity index (χ0n) is 4.27. The van der Waals surface area contributed by atoms with Gasteiger partial charge in [0.1, 0.15) is 0 Å². The van der Waals surface area contributed by atoms with E-state index in [1.165, 1.54) is 0 Å². The molecule has 0 aromatic rings. The minimum absolute atomic E-state index is 0. The van der Waals surface area contributed by atoms with Crippen LogP contribution in [0.25, 0.3) is 0 Å². The van der Waals surface area contributed by atoms with Gasteiger partial charge in [-0.3, -0.25) is 0 Å². The summed E-state index contributed by atoms with van der Waals surface area (Å²) in [6, 6.07) is 0. The normalized spacial score (nSPS) is 14.2. The first-order valence-electron chi connectivity index (χ1n) is 0.679. The van der Waals surface area contributed by atoms with E-state index in [-0.39, 0.29) is 103 Å². The van der Waals surface area contributed by atoms with Gasteiger partial charge in [-0.1, -0.05) is 0 Å². The second-order valence-corrected chi connectivity index (χ2v) is 20.0. The molecule has 0 saturated carbocycles. The molecule has 0 aliphatic heterocycles. The summed E-state index contributed by atoms with van der Waals surface area (Å²) in [7, 11) is 14.0. The molecule has 0 spiro atoms. The fraction of sp³-hybridized carbons (Fsp3) is 0. The number of halogens is 4. The quantitative estimate of drug-likeness (QED) is 0.422. The number of hydrogen-bond donors (Lipinski definition) is 0. The fourth-order valence-corrected chi connectivity index (χ4v) is 0. The molecule has 0 atom stereocenters. The van der Waals surface area contributed by atoms with E-state index in [1.807, 2.05) is 0 Å². The third kappa shape index (κ3) is 44.7. The van der Waals surface area contributed by atoms with Gasteiger partial charge in [-0.25, -0.2) is 0 Å². The second kappa shape index (κ2) is 6.33. The molecular formula is Cl4K2ORu. The Labute approximate surface area is 150 Å². The standard InChI is InChI=1S/4ClH.2K.O.Ru/h4*1H;;;;/q;;;;2*+1;;+2/p-4. The van der Waals surface area contributed by atoms with Crippen LogP contribution in [-0.4, -0.2) is 0 Å². The van der Waals surface area contributed by atoms with E-state index < -0.39 is 9.59 Å². The molecule has 8 heteroatoms. The average Bonchev–Trinajstić information content (AvgIpc) is 0.650. The molecule has 44 valence electrons. The van der Waals surface area contributed by atoms with Crippen molar-refractivity contribution in [2.45, 2.75) is 0 Å². The fourth-order valence-electron chi connectivity index (χ4n) is 0. The van der Waals surface area contributed by atoms with Crippen LogP contribution >= 0.6 is 38.8 Å². The van der Waals surface area contributed by atoms with Crippen LogP contribution in [0.15, 0.2) is 0 Å². The van der Waals surface area contributed by atoms with Gasteiger partial charge < -0.3 is 0 Å². The van der Waals surface area contributed by atoms with E-state index in [4.69, 9.17) is 38.8 Å². The first kappa shape index (κ1) is 18.6. The molecule has 0 heterocycles. The Morgan fingerprint density at radius 3 is 0.875 bits per heavy atom. The first-order chi connectivity index (χ1) is 2.24. The summed E-state index contributed by atoms with van der Waals surface area (Å²) in [5.41, 5.74) is 0. The molecule has 1 nitrogen and oxygen atoms in total. The van der Waals surface area contributed by atoms with Crippen molar-refractivity contribution in [3.8, 4) is 0 Å². The Hall–Kier alpha value is 4.86. The van der Waals surface area contributed by atoms with Gasteiger partial charge in [-0.05, 0) is 0 Å². The molecular weight excluding hydrogens is 337 g/mol. The van der Waals surface area contributed by atoms with Crippen molar-refractivity contribution in [2.75, 3.05) is 0 Å². The van der Waals surface area contributed by atoms with Gasteiger partial charge in [0.2, 0.25) is 0 Å². The Morgan fingerprint density at radius 1 is 0.875 bits per heavy atom. The van der Waals surface area contributed by atoms with Crippen molar-refractivity contribution in [2.24, 2.45) is 0 Å². The molecule has 0 aromatic heterocycles. The summed E-state index contributed by atoms with van der Waals surface area (Å²) in [6.07, 6.45) is 0. The van der Waals surface area contributed by atoms with Gasteiger partial charge in [-0.15, -0.1) is 0 Å². The van der Waals surface area contributed by atoms with E-state index in [1.54, 1.807) is 0 Å². The molecule has 0 saturated heterocycles. The maximum atomic E-state index is 9.92. The van der Waals surface area contributed by atoms with Crippen molar-refractivity contribution in [1.82, 2.24) is 0 Å². The zero-order valence-corrected chi connectivity index (χ0v) is 15.3. The van der Waals surface area contributed by atoms with E-state index in [9.17, 15) is 3.57 Å². The Kier molecular flexibility index (Phi) is 14.7. The van der Waals surface area contributed by atoms with E-state index in [0.717, 1.165) is 0 Å². The molecule has 0 aliphatic rings. The monoisotopic (exact) mass is 336 g/mol. The Morgan fingerprint density at radius 2 is 0.875 bits per heavy atom. The Balaban J connectivity index is -0.000000125. The van der Waals surface area contributed by atoms with Crippen LogP contribution in [-0.2, 0) is 13.2 Å². The molecule has 0 aromatic carbocycles. The molecule has 0 bridgehead atoms. The van der Waals surface area contributed by atoms with Crippen molar-refractivity contribution in [3.63, 3.8) is 0 Å². The molecule has 0 rings (SSSR count). The Bertz CT molecular complexity index is 91.7. The summed E-state index contributed by atoms with van der Waals surface area (Å²) in [5.74, 6) is 0. The minimum atomic E-state index is -4.84. The van der Waals surface area contributed by atoms with Gasteiger partial charge in [0.25, 0.3) is 0 Å². The van der Waals surface area contributed by atoms with Crippen LogP contribution in [0.1, 0.15) is 0 Å². The van der Waals surface area contributed by atoms with E-state index in [0.29, 0.717) is 0 Å². The second-order valence-electron chi connectivity index (χ2n) is 0.521. The first-order valence-corrected chi connectivity index (χ1v) is 10.3. The van der Waals surface area contributed by atoms with Crippen molar-refractivity contribution in [3.05, 3.63) is 0 Å². The SMILES string of the molecule is [K+].[K+].[O]=[Ru-2]([Cl])([Cl])([Cl])[Cl]. The predicted octanol–water partition coefficient (Wildman–Crippen LogP) is -3.36.